The summed E-state index contributed by atoms with van der Waals surface area (Å²) < 4.78 is 1.96. The highest BCUT2D eigenvalue weighted by atomic mass is 15.3. The number of aromatic nitrogens is 2. The predicted molar refractivity (Wildman–Crippen MR) is 71.7 cm³/mol. The van der Waals surface area contributed by atoms with Gasteiger partial charge in [-0.2, -0.15) is 5.10 Å². The van der Waals surface area contributed by atoms with E-state index >= 15 is 0 Å². The first-order valence-corrected chi connectivity index (χ1v) is 6.09. The minimum atomic E-state index is 0.452. The Hall–Kier alpha value is -1.77. The minimum Gasteiger partial charge on any atom is -0.368 e. The fourth-order valence-corrected chi connectivity index (χ4v) is 1.72. The van der Waals surface area contributed by atoms with Crippen molar-refractivity contribution in [3.05, 3.63) is 42.1 Å². The Morgan fingerprint density at radius 1 is 1.29 bits per heavy atom. The molecule has 1 unspecified atom stereocenters. The highest BCUT2D eigenvalue weighted by molar-refractivity contribution is 5.46. The Bertz CT molecular complexity index is 473. The van der Waals surface area contributed by atoms with Gasteiger partial charge in [0.05, 0.1) is 11.4 Å². The zero-order chi connectivity index (χ0) is 12.3. The molecule has 0 radical (unpaired) electrons. The predicted octanol–water partition coefficient (Wildman–Crippen LogP) is 3.39. The molecule has 0 aliphatic rings. The monoisotopic (exact) mass is 229 g/mol. The van der Waals surface area contributed by atoms with E-state index in [-0.39, 0.29) is 0 Å². The molecular weight excluding hydrogens is 210 g/mol. The van der Waals surface area contributed by atoms with Crippen molar-refractivity contribution < 1.29 is 0 Å². The lowest BCUT2D eigenvalue weighted by atomic mass is 10.2. The summed E-state index contributed by atoms with van der Waals surface area (Å²) in [6.07, 6.45) is 1.10. The molecule has 1 atom stereocenters. The Kier molecular flexibility index (Phi) is 3.47. The van der Waals surface area contributed by atoms with Crippen molar-refractivity contribution in [1.29, 1.82) is 0 Å². The third-order valence-electron chi connectivity index (χ3n) is 2.84. The van der Waals surface area contributed by atoms with Crippen molar-refractivity contribution in [2.75, 3.05) is 5.32 Å². The summed E-state index contributed by atoms with van der Waals surface area (Å²) in [7, 11) is 0. The summed E-state index contributed by atoms with van der Waals surface area (Å²) in [6, 6.07) is 12.7. The SMILES string of the molecule is CCC(C)Nc1cc(C)nn1-c1ccccc1. The first kappa shape index (κ1) is 11.7. The van der Waals surface area contributed by atoms with Gasteiger partial charge in [-0.25, -0.2) is 4.68 Å². The fraction of sp³-hybridized carbons (Fsp3) is 0.357. The lowest BCUT2D eigenvalue weighted by molar-refractivity contribution is 0.744. The van der Waals surface area contributed by atoms with Crippen molar-refractivity contribution in [2.24, 2.45) is 0 Å². The highest BCUT2D eigenvalue weighted by Gasteiger charge is 2.08. The van der Waals surface area contributed by atoms with Crippen molar-refractivity contribution >= 4 is 5.82 Å². The van der Waals surface area contributed by atoms with E-state index in [4.69, 9.17) is 0 Å². The van der Waals surface area contributed by atoms with E-state index in [1.54, 1.807) is 0 Å². The van der Waals surface area contributed by atoms with Gasteiger partial charge in [-0.15, -0.1) is 0 Å². The number of aryl methyl sites for hydroxylation is 1. The molecular formula is C14H19N3. The first-order chi connectivity index (χ1) is 8.20. The molecule has 2 rings (SSSR count). The Balaban J connectivity index is 2.34. The average Bonchev–Trinajstić information content (AvgIpc) is 2.71. The van der Waals surface area contributed by atoms with Gasteiger partial charge in [0, 0.05) is 12.1 Å². The van der Waals surface area contributed by atoms with Crippen molar-refractivity contribution in [3.63, 3.8) is 0 Å². The van der Waals surface area contributed by atoms with Crippen LogP contribution in [-0.4, -0.2) is 15.8 Å². The standard InChI is InChI=1S/C14H19N3/c1-4-11(2)15-14-10-12(3)16-17(14)13-8-6-5-7-9-13/h5-11,15H,4H2,1-3H3. The lowest BCUT2D eigenvalue weighted by Gasteiger charge is -2.14. The quantitative estimate of drug-likeness (QED) is 0.871. The molecule has 0 saturated carbocycles. The summed E-state index contributed by atoms with van der Waals surface area (Å²) >= 11 is 0. The van der Waals surface area contributed by atoms with Crippen LogP contribution >= 0.6 is 0 Å². The smallest absolute Gasteiger partial charge is 0.130 e. The van der Waals surface area contributed by atoms with Crippen LogP contribution in [0.4, 0.5) is 5.82 Å². The third kappa shape index (κ3) is 2.67. The van der Waals surface area contributed by atoms with E-state index in [1.165, 1.54) is 0 Å². The van der Waals surface area contributed by atoms with Crippen LogP contribution in [0.25, 0.3) is 5.69 Å². The number of hydrogen-bond acceptors (Lipinski definition) is 2. The summed E-state index contributed by atoms with van der Waals surface area (Å²) in [5.41, 5.74) is 2.12. The average molecular weight is 229 g/mol. The molecule has 0 aliphatic carbocycles. The number of nitrogens with one attached hydrogen (secondary N) is 1. The minimum absolute atomic E-state index is 0.452. The van der Waals surface area contributed by atoms with Crippen LogP contribution in [0.3, 0.4) is 0 Å². The Morgan fingerprint density at radius 2 is 2.00 bits per heavy atom. The second-order valence-corrected chi connectivity index (χ2v) is 4.37. The highest BCUT2D eigenvalue weighted by Crippen LogP contribution is 2.17. The number of hydrogen-bond donors (Lipinski definition) is 1. The zero-order valence-corrected chi connectivity index (χ0v) is 10.6. The van der Waals surface area contributed by atoms with Crippen molar-refractivity contribution in [2.45, 2.75) is 33.2 Å². The molecule has 0 aliphatic heterocycles. The van der Waals surface area contributed by atoms with Gasteiger partial charge < -0.3 is 5.32 Å². The molecule has 17 heavy (non-hydrogen) atoms. The van der Waals surface area contributed by atoms with Crippen LogP contribution in [0.1, 0.15) is 26.0 Å². The van der Waals surface area contributed by atoms with E-state index in [2.05, 4.69) is 42.5 Å². The number of benzene rings is 1. The van der Waals surface area contributed by atoms with Gasteiger partial charge in [0.15, 0.2) is 0 Å². The molecule has 1 aromatic heterocycles. The fourth-order valence-electron chi connectivity index (χ4n) is 1.72. The van der Waals surface area contributed by atoms with E-state index in [0.29, 0.717) is 6.04 Å². The van der Waals surface area contributed by atoms with Crippen LogP contribution in [0.15, 0.2) is 36.4 Å². The molecule has 3 nitrogen and oxygen atoms in total. The van der Waals surface area contributed by atoms with Crippen molar-refractivity contribution in [1.82, 2.24) is 9.78 Å². The summed E-state index contributed by atoms with van der Waals surface area (Å²) in [4.78, 5) is 0. The molecule has 0 spiro atoms. The van der Waals surface area contributed by atoms with Crippen LogP contribution in [0.2, 0.25) is 0 Å². The maximum Gasteiger partial charge on any atom is 0.130 e. The molecule has 1 aromatic carbocycles. The third-order valence-corrected chi connectivity index (χ3v) is 2.84. The van der Waals surface area contributed by atoms with Gasteiger partial charge >= 0.3 is 0 Å². The number of anilines is 1. The molecule has 0 bridgehead atoms. The molecule has 0 fully saturated rings. The Morgan fingerprint density at radius 3 is 2.65 bits per heavy atom. The van der Waals surface area contributed by atoms with E-state index in [9.17, 15) is 0 Å². The summed E-state index contributed by atoms with van der Waals surface area (Å²) in [5.74, 6) is 1.06. The van der Waals surface area contributed by atoms with E-state index in [0.717, 1.165) is 23.6 Å². The van der Waals surface area contributed by atoms with E-state index < -0.39 is 0 Å². The molecule has 0 saturated heterocycles. The van der Waals surface area contributed by atoms with Crippen LogP contribution in [0.5, 0.6) is 0 Å². The second kappa shape index (κ2) is 5.04. The molecule has 2 aromatic rings. The molecule has 1 heterocycles. The maximum atomic E-state index is 4.52. The van der Waals surface area contributed by atoms with Gasteiger partial charge in [0.1, 0.15) is 5.82 Å². The van der Waals surface area contributed by atoms with Crippen LogP contribution < -0.4 is 5.32 Å². The number of nitrogens with zero attached hydrogens (tertiary/aromatic N) is 2. The Labute approximate surface area is 102 Å². The molecule has 90 valence electrons. The molecule has 0 amide bonds. The van der Waals surface area contributed by atoms with Gasteiger partial charge in [0.2, 0.25) is 0 Å². The topological polar surface area (TPSA) is 29.9 Å². The van der Waals surface area contributed by atoms with Crippen LogP contribution in [-0.2, 0) is 0 Å². The van der Waals surface area contributed by atoms with Crippen molar-refractivity contribution in [3.8, 4) is 5.69 Å². The van der Waals surface area contributed by atoms with Gasteiger partial charge in [-0.3, -0.25) is 0 Å². The largest absolute Gasteiger partial charge is 0.368 e. The molecule has 1 N–H and O–H groups in total. The van der Waals surface area contributed by atoms with Gasteiger partial charge in [0.25, 0.3) is 0 Å². The number of rotatable bonds is 4. The zero-order valence-electron chi connectivity index (χ0n) is 10.6. The number of para-hydroxylation sites is 1. The first-order valence-electron chi connectivity index (χ1n) is 6.09. The normalized spacial score (nSPS) is 12.4. The van der Waals surface area contributed by atoms with E-state index in [1.807, 2.05) is 29.8 Å². The molecule has 3 heteroatoms. The summed E-state index contributed by atoms with van der Waals surface area (Å²) in [5, 5.41) is 8.00. The summed E-state index contributed by atoms with van der Waals surface area (Å²) in [6.45, 7) is 6.37. The van der Waals surface area contributed by atoms with Gasteiger partial charge in [-0.05, 0) is 32.4 Å². The van der Waals surface area contributed by atoms with Gasteiger partial charge in [-0.1, -0.05) is 25.1 Å². The maximum absolute atomic E-state index is 4.52. The lowest BCUT2D eigenvalue weighted by Crippen LogP contribution is -2.16. The van der Waals surface area contributed by atoms with Crippen LogP contribution in [0, 0.1) is 6.92 Å². The second-order valence-electron chi connectivity index (χ2n) is 4.37.